The molecule has 0 aliphatic rings. The second-order valence-corrected chi connectivity index (χ2v) is 6.47. The lowest BCUT2D eigenvalue weighted by atomic mass is 10.1. The molecule has 3 rings (SSSR count). The minimum atomic E-state index is 0. The SMILES string of the molecule is COc1ccc(-c2csc(Nc3ccccc3)[n+]2C(C)C)cc1.[Cl-]. The number of anilines is 2. The third-order valence-corrected chi connectivity index (χ3v) is 4.55. The zero-order valence-corrected chi connectivity index (χ0v) is 15.6. The van der Waals surface area contributed by atoms with Crippen molar-refractivity contribution in [2.75, 3.05) is 12.4 Å². The highest BCUT2D eigenvalue weighted by Crippen LogP contribution is 2.28. The number of benzene rings is 2. The third-order valence-electron chi connectivity index (χ3n) is 3.69. The lowest BCUT2D eigenvalue weighted by Crippen LogP contribution is -3.00. The second kappa shape index (κ2) is 8.18. The van der Waals surface area contributed by atoms with Gasteiger partial charge in [0.15, 0.2) is 0 Å². The first-order valence-corrected chi connectivity index (χ1v) is 8.56. The van der Waals surface area contributed by atoms with E-state index >= 15 is 0 Å². The Morgan fingerprint density at radius 2 is 1.67 bits per heavy atom. The summed E-state index contributed by atoms with van der Waals surface area (Å²) >= 11 is 1.72. The molecule has 0 bridgehead atoms. The van der Waals surface area contributed by atoms with E-state index in [0.717, 1.165) is 16.6 Å². The third kappa shape index (κ3) is 3.89. The standard InChI is InChI=1S/C19H20N2OS.ClH/c1-14(2)21-18(15-9-11-17(22-3)12-10-15)13-23-19(21)20-16-7-5-4-6-8-16;/h4-14H,1-3H3;1H. The molecule has 0 atom stereocenters. The summed E-state index contributed by atoms with van der Waals surface area (Å²) in [6, 6.07) is 18.8. The van der Waals surface area contributed by atoms with Crippen LogP contribution in [0.4, 0.5) is 10.8 Å². The quantitative estimate of drug-likeness (QED) is 0.704. The molecule has 0 spiro atoms. The predicted molar refractivity (Wildman–Crippen MR) is 96.6 cm³/mol. The number of hydrogen-bond acceptors (Lipinski definition) is 3. The van der Waals surface area contributed by atoms with Gasteiger partial charge in [0.05, 0.1) is 13.2 Å². The molecule has 0 fully saturated rings. The van der Waals surface area contributed by atoms with Crippen LogP contribution < -0.4 is 27.0 Å². The number of hydrogen-bond donors (Lipinski definition) is 1. The van der Waals surface area contributed by atoms with Gasteiger partial charge in [0.25, 0.3) is 0 Å². The van der Waals surface area contributed by atoms with Gasteiger partial charge in [0, 0.05) is 10.9 Å². The fraction of sp³-hybridized carbons (Fsp3) is 0.211. The molecule has 0 aliphatic carbocycles. The number of nitrogens with one attached hydrogen (secondary N) is 1. The van der Waals surface area contributed by atoms with Gasteiger partial charge in [-0.3, -0.25) is 0 Å². The van der Waals surface area contributed by atoms with Crippen molar-refractivity contribution in [3.63, 3.8) is 0 Å². The summed E-state index contributed by atoms with van der Waals surface area (Å²) in [6.45, 7) is 4.41. The van der Waals surface area contributed by atoms with Crippen LogP contribution in [0, 0.1) is 0 Å². The predicted octanol–water partition coefficient (Wildman–Crippen LogP) is 2.04. The topological polar surface area (TPSA) is 25.1 Å². The van der Waals surface area contributed by atoms with E-state index in [9.17, 15) is 0 Å². The van der Waals surface area contributed by atoms with E-state index in [1.807, 2.05) is 30.3 Å². The largest absolute Gasteiger partial charge is 1.00 e. The Morgan fingerprint density at radius 3 is 2.25 bits per heavy atom. The van der Waals surface area contributed by atoms with E-state index in [1.165, 1.54) is 11.3 Å². The lowest BCUT2D eigenvalue weighted by molar-refractivity contribution is -0.688. The smallest absolute Gasteiger partial charge is 0.339 e. The first-order valence-electron chi connectivity index (χ1n) is 7.68. The number of methoxy groups -OCH3 is 1. The number of para-hydroxylation sites is 1. The Morgan fingerprint density at radius 1 is 1.00 bits per heavy atom. The number of thiazole rings is 1. The van der Waals surface area contributed by atoms with Gasteiger partial charge in [-0.1, -0.05) is 29.5 Å². The van der Waals surface area contributed by atoms with Crippen molar-refractivity contribution in [2.24, 2.45) is 0 Å². The van der Waals surface area contributed by atoms with Gasteiger partial charge >= 0.3 is 5.13 Å². The number of rotatable bonds is 5. The molecule has 1 heterocycles. The van der Waals surface area contributed by atoms with Crippen LogP contribution in [0.25, 0.3) is 11.3 Å². The first kappa shape index (κ1) is 18.3. The van der Waals surface area contributed by atoms with Crippen LogP contribution in [0.1, 0.15) is 19.9 Å². The van der Waals surface area contributed by atoms with E-state index in [4.69, 9.17) is 4.74 Å². The highest BCUT2D eigenvalue weighted by molar-refractivity contribution is 7.13. The lowest BCUT2D eigenvalue weighted by Gasteiger charge is -2.10. The molecular formula is C19H21ClN2OS. The Balaban J connectivity index is 0.00000208. The van der Waals surface area contributed by atoms with Gasteiger partial charge in [0.2, 0.25) is 0 Å². The van der Waals surface area contributed by atoms with Crippen LogP contribution in [-0.2, 0) is 0 Å². The zero-order chi connectivity index (χ0) is 16.2. The first-order chi connectivity index (χ1) is 11.2. The van der Waals surface area contributed by atoms with E-state index in [1.54, 1.807) is 18.4 Å². The molecule has 0 radical (unpaired) electrons. The number of ether oxygens (including phenoxy) is 1. The summed E-state index contributed by atoms with van der Waals surface area (Å²) in [5.74, 6) is 0.878. The fourth-order valence-electron chi connectivity index (χ4n) is 2.55. The summed E-state index contributed by atoms with van der Waals surface area (Å²) < 4.78 is 7.58. The zero-order valence-electron chi connectivity index (χ0n) is 14.0. The van der Waals surface area contributed by atoms with Gasteiger partial charge < -0.3 is 17.1 Å². The van der Waals surface area contributed by atoms with Crippen molar-refractivity contribution >= 4 is 22.2 Å². The van der Waals surface area contributed by atoms with Gasteiger partial charge in [0.1, 0.15) is 17.1 Å². The molecule has 0 unspecified atom stereocenters. The molecule has 5 heteroatoms. The Bertz CT molecular complexity index is 770. The Kier molecular flexibility index (Phi) is 6.23. The van der Waals surface area contributed by atoms with E-state index < -0.39 is 0 Å². The maximum Gasteiger partial charge on any atom is 0.339 e. The van der Waals surface area contributed by atoms with Crippen LogP contribution in [0.5, 0.6) is 5.75 Å². The molecule has 24 heavy (non-hydrogen) atoms. The second-order valence-electron chi connectivity index (χ2n) is 5.61. The van der Waals surface area contributed by atoms with Gasteiger partial charge in [-0.2, -0.15) is 0 Å². The van der Waals surface area contributed by atoms with Crippen LogP contribution in [0.15, 0.2) is 60.0 Å². The molecule has 1 aromatic heterocycles. The Hall–Kier alpha value is -2.04. The monoisotopic (exact) mass is 360 g/mol. The highest BCUT2D eigenvalue weighted by Gasteiger charge is 2.22. The molecule has 3 nitrogen and oxygen atoms in total. The van der Waals surface area contributed by atoms with Crippen molar-refractivity contribution in [3.8, 4) is 17.0 Å². The molecule has 126 valence electrons. The molecule has 0 amide bonds. The number of aromatic nitrogens is 1. The minimum Gasteiger partial charge on any atom is -1.00 e. The Labute approximate surface area is 153 Å². The van der Waals surface area contributed by atoms with E-state index in [-0.39, 0.29) is 12.4 Å². The average Bonchev–Trinajstić information content (AvgIpc) is 2.99. The molecule has 0 saturated carbocycles. The van der Waals surface area contributed by atoms with E-state index in [2.05, 4.69) is 53.4 Å². The summed E-state index contributed by atoms with van der Waals surface area (Å²) in [7, 11) is 1.69. The summed E-state index contributed by atoms with van der Waals surface area (Å²) in [6.07, 6.45) is 0. The van der Waals surface area contributed by atoms with Crippen molar-refractivity contribution in [1.29, 1.82) is 0 Å². The molecule has 2 aromatic carbocycles. The molecule has 0 saturated heterocycles. The molecule has 3 aromatic rings. The molecule has 1 N–H and O–H groups in total. The summed E-state index contributed by atoms with van der Waals surface area (Å²) in [5.41, 5.74) is 3.51. The van der Waals surface area contributed by atoms with Crippen LogP contribution in [-0.4, -0.2) is 7.11 Å². The van der Waals surface area contributed by atoms with Crippen LogP contribution in [0.2, 0.25) is 0 Å². The van der Waals surface area contributed by atoms with Crippen LogP contribution in [0.3, 0.4) is 0 Å². The minimum absolute atomic E-state index is 0. The number of nitrogens with zero attached hydrogens (tertiary/aromatic N) is 1. The maximum absolute atomic E-state index is 5.25. The van der Waals surface area contributed by atoms with E-state index in [0.29, 0.717) is 6.04 Å². The summed E-state index contributed by atoms with van der Waals surface area (Å²) in [5, 5.41) is 6.86. The van der Waals surface area contributed by atoms with Crippen molar-refractivity contribution in [1.82, 2.24) is 0 Å². The van der Waals surface area contributed by atoms with Crippen molar-refractivity contribution in [3.05, 3.63) is 60.0 Å². The van der Waals surface area contributed by atoms with Crippen molar-refractivity contribution in [2.45, 2.75) is 19.9 Å². The highest BCUT2D eigenvalue weighted by atomic mass is 35.5. The normalized spacial score (nSPS) is 10.3. The molecular weight excluding hydrogens is 340 g/mol. The van der Waals surface area contributed by atoms with Gasteiger partial charge in [-0.15, -0.1) is 0 Å². The molecule has 0 aliphatic heterocycles. The summed E-state index contributed by atoms with van der Waals surface area (Å²) in [4.78, 5) is 0. The fourth-order valence-corrected chi connectivity index (χ4v) is 3.62. The maximum atomic E-state index is 5.25. The van der Waals surface area contributed by atoms with Gasteiger partial charge in [-0.05, 0) is 50.2 Å². The number of halogens is 1. The average molecular weight is 361 g/mol. The van der Waals surface area contributed by atoms with Crippen molar-refractivity contribution < 1.29 is 21.7 Å². The van der Waals surface area contributed by atoms with Crippen LogP contribution >= 0.6 is 11.3 Å². The van der Waals surface area contributed by atoms with Gasteiger partial charge in [-0.25, -0.2) is 9.88 Å².